The molecule has 0 aliphatic heterocycles. The van der Waals surface area contributed by atoms with E-state index in [4.69, 9.17) is 21.1 Å². The van der Waals surface area contributed by atoms with E-state index in [0.717, 1.165) is 5.75 Å². The van der Waals surface area contributed by atoms with E-state index in [9.17, 15) is 4.79 Å². The number of rotatable bonds is 5. The second kappa shape index (κ2) is 5.50. The fourth-order valence-electron chi connectivity index (χ4n) is 0.940. The first kappa shape index (κ1) is 10.9. The monoisotopic (exact) mass is 214 g/mol. The highest BCUT2D eigenvalue weighted by Crippen LogP contribution is 2.18. The van der Waals surface area contributed by atoms with Crippen LogP contribution in [0.5, 0.6) is 11.5 Å². The first-order valence-electron chi connectivity index (χ1n) is 4.17. The Morgan fingerprint density at radius 3 is 2.79 bits per heavy atom. The zero-order chi connectivity index (χ0) is 10.4. The molecule has 3 nitrogen and oxygen atoms in total. The lowest BCUT2D eigenvalue weighted by Gasteiger charge is -2.05. The number of carbonyl (C=O) groups is 1. The average molecular weight is 215 g/mol. The third kappa shape index (κ3) is 3.66. The van der Waals surface area contributed by atoms with E-state index < -0.39 is 5.24 Å². The van der Waals surface area contributed by atoms with Crippen LogP contribution in [-0.4, -0.2) is 19.0 Å². The van der Waals surface area contributed by atoms with Gasteiger partial charge >= 0.3 is 0 Å². The van der Waals surface area contributed by atoms with Gasteiger partial charge in [0.2, 0.25) is 5.24 Å². The van der Waals surface area contributed by atoms with Crippen molar-refractivity contribution >= 4 is 16.8 Å². The average Bonchev–Trinajstić information content (AvgIpc) is 2.18. The maximum atomic E-state index is 10.4. The molecule has 14 heavy (non-hydrogen) atoms. The van der Waals surface area contributed by atoms with Crippen molar-refractivity contribution in [3.8, 4) is 11.5 Å². The maximum Gasteiger partial charge on any atom is 0.225 e. The van der Waals surface area contributed by atoms with E-state index in [1.165, 1.54) is 0 Å². The molecule has 0 saturated heterocycles. The normalized spacial score (nSPS) is 9.57. The minimum absolute atomic E-state index is 0.207. The van der Waals surface area contributed by atoms with E-state index in [-0.39, 0.29) is 13.0 Å². The predicted octanol–water partition coefficient (Wildman–Crippen LogP) is 2.23. The predicted molar refractivity (Wildman–Crippen MR) is 54.0 cm³/mol. The van der Waals surface area contributed by atoms with Crippen LogP contribution in [0.1, 0.15) is 6.42 Å². The number of hydrogen-bond acceptors (Lipinski definition) is 3. The molecule has 0 heterocycles. The van der Waals surface area contributed by atoms with Gasteiger partial charge in [-0.15, -0.1) is 0 Å². The van der Waals surface area contributed by atoms with Gasteiger partial charge < -0.3 is 9.47 Å². The Bertz CT molecular complexity index is 312. The molecule has 0 unspecified atom stereocenters. The van der Waals surface area contributed by atoms with Crippen molar-refractivity contribution in [2.75, 3.05) is 13.7 Å². The number of ether oxygens (including phenoxy) is 2. The van der Waals surface area contributed by atoms with Crippen molar-refractivity contribution < 1.29 is 14.3 Å². The van der Waals surface area contributed by atoms with Gasteiger partial charge in [0.1, 0.15) is 11.5 Å². The standard InChI is InChI=1S/C10H11ClO3/c1-13-8-3-2-4-9(7-8)14-6-5-10(11)12/h2-4,7H,5-6H2,1H3. The summed E-state index contributed by atoms with van der Waals surface area (Å²) in [6.45, 7) is 0.287. The SMILES string of the molecule is COc1cccc(OCCC(=O)Cl)c1. The summed E-state index contributed by atoms with van der Waals surface area (Å²) in [4.78, 5) is 10.4. The van der Waals surface area contributed by atoms with Gasteiger partial charge in [-0.1, -0.05) is 6.07 Å². The van der Waals surface area contributed by atoms with Crippen LogP contribution in [0, 0.1) is 0 Å². The van der Waals surface area contributed by atoms with E-state index in [2.05, 4.69) is 0 Å². The lowest BCUT2D eigenvalue weighted by Crippen LogP contribution is -2.01. The fraction of sp³-hybridized carbons (Fsp3) is 0.300. The Balaban J connectivity index is 2.46. The van der Waals surface area contributed by atoms with Crippen LogP contribution >= 0.6 is 11.6 Å². The smallest absolute Gasteiger partial charge is 0.225 e. The van der Waals surface area contributed by atoms with Gasteiger partial charge in [-0.25, -0.2) is 0 Å². The van der Waals surface area contributed by atoms with Gasteiger partial charge in [0.05, 0.1) is 20.1 Å². The number of hydrogen-bond donors (Lipinski definition) is 0. The second-order valence-electron chi connectivity index (χ2n) is 2.63. The largest absolute Gasteiger partial charge is 0.497 e. The topological polar surface area (TPSA) is 35.5 Å². The molecule has 0 N–H and O–H groups in total. The van der Waals surface area contributed by atoms with E-state index in [1.54, 1.807) is 19.2 Å². The Hall–Kier alpha value is -1.22. The van der Waals surface area contributed by atoms with Gasteiger partial charge in [0.25, 0.3) is 0 Å². The molecule has 1 aromatic carbocycles. The molecule has 0 bridgehead atoms. The molecule has 0 radical (unpaired) electrons. The van der Waals surface area contributed by atoms with Crippen molar-refractivity contribution in [3.05, 3.63) is 24.3 Å². The molecule has 0 atom stereocenters. The minimum atomic E-state index is -0.395. The summed E-state index contributed by atoms with van der Waals surface area (Å²) in [7, 11) is 1.58. The maximum absolute atomic E-state index is 10.4. The molecule has 0 spiro atoms. The third-order valence-electron chi connectivity index (χ3n) is 1.61. The number of methoxy groups -OCH3 is 1. The summed E-state index contributed by atoms with van der Waals surface area (Å²) < 4.78 is 10.3. The lowest BCUT2D eigenvalue weighted by molar-refractivity contribution is -0.112. The minimum Gasteiger partial charge on any atom is -0.497 e. The van der Waals surface area contributed by atoms with Crippen LogP contribution in [0.25, 0.3) is 0 Å². The van der Waals surface area contributed by atoms with E-state index in [1.807, 2.05) is 12.1 Å². The number of carbonyl (C=O) groups excluding carboxylic acids is 1. The quantitative estimate of drug-likeness (QED) is 0.706. The summed E-state index contributed by atoms with van der Waals surface area (Å²) >= 11 is 5.16. The molecule has 0 aliphatic rings. The molecule has 1 aromatic rings. The molecule has 0 saturated carbocycles. The molecule has 0 aromatic heterocycles. The molecular weight excluding hydrogens is 204 g/mol. The molecule has 0 aliphatic carbocycles. The first-order chi connectivity index (χ1) is 6.72. The molecule has 4 heteroatoms. The van der Waals surface area contributed by atoms with Gasteiger partial charge in [-0.05, 0) is 23.7 Å². The first-order valence-corrected chi connectivity index (χ1v) is 4.55. The fourth-order valence-corrected chi connectivity index (χ4v) is 1.02. The van der Waals surface area contributed by atoms with Crippen LogP contribution in [0.3, 0.4) is 0 Å². The lowest BCUT2D eigenvalue weighted by atomic mass is 10.3. The van der Waals surface area contributed by atoms with Crippen LogP contribution < -0.4 is 9.47 Å². The van der Waals surface area contributed by atoms with Gasteiger partial charge in [0.15, 0.2) is 0 Å². The van der Waals surface area contributed by atoms with Crippen LogP contribution in [0.15, 0.2) is 24.3 Å². The Kier molecular flexibility index (Phi) is 4.26. The van der Waals surface area contributed by atoms with Gasteiger partial charge in [-0.2, -0.15) is 0 Å². The van der Waals surface area contributed by atoms with Crippen LogP contribution in [0.4, 0.5) is 0 Å². The number of halogens is 1. The molecular formula is C10H11ClO3. The summed E-state index contributed by atoms with van der Waals surface area (Å²) in [6, 6.07) is 7.18. The van der Waals surface area contributed by atoms with Crippen LogP contribution in [-0.2, 0) is 4.79 Å². The highest BCUT2D eigenvalue weighted by molar-refractivity contribution is 6.63. The van der Waals surface area contributed by atoms with E-state index >= 15 is 0 Å². The number of benzene rings is 1. The van der Waals surface area contributed by atoms with Crippen molar-refractivity contribution in [1.82, 2.24) is 0 Å². The third-order valence-corrected chi connectivity index (χ3v) is 1.80. The summed E-state index contributed by atoms with van der Waals surface area (Å²) in [6.07, 6.45) is 0.207. The molecule has 0 amide bonds. The summed E-state index contributed by atoms with van der Waals surface area (Å²) in [5, 5.41) is -0.395. The Morgan fingerprint density at radius 2 is 2.14 bits per heavy atom. The second-order valence-corrected chi connectivity index (χ2v) is 3.05. The van der Waals surface area contributed by atoms with Crippen LogP contribution in [0.2, 0.25) is 0 Å². The Morgan fingerprint density at radius 1 is 1.43 bits per heavy atom. The molecule has 0 fully saturated rings. The molecule has 76 valence electrons. The van der Waals surface area contributed by atoms with Gasteiger partial charge in [-0.3, -0.25) is 4.79 Å². The highest BCUT2D eigenvalue weighted by atomic mass is 35.5. The van der Waals surface area contributed by atoms with Crippen molar-refractivity contribution in [3.63, 3.8) is 0 Å². The summed E-state index contributed by atoms with van der Waals surface area (Å²) in [5.41, 5.74) is 0. The van der Waals surface area contributed by atoms with E-state index in [0.29, 0.717) is 5.75 Å². The zero-order valence-corrected chi connectivity index (χ0v) is 8.58. The molecule has 1 rings (SSSR count). The van der Waals surface area contributed by atoms with Crippen molar-refractivity contribution in [2.45, 2.75) is 6.42 Å². The van der Waals surface area contributed by atoms with Crippen molar-refractivity contribution in [2.24, 2.45) is 0 Å². The van der Waals surface area contributed by atoms with Crippen molar-refractivity contribution in [1.29, 1.82) is 0 Å². The Labute approximate surface area is 87.6 Å². The van der Waals surface area contributed by atoms with Gasteiger partial charge in [0, 0.05) is 6.07 Å². The zero-order valence-electron chi connectivity index (χ0n) is 7.83. The highest BCUT2D eigenvalue weighted by Gasteiger charge is 1.99. The summed E-state index contributed by atoms with van der Waals surface area (Å²) in [5.74, 6) is 1.39.